The van der Waals surface area contributed by atoms with E-state index in [9.17, 15) is 31.1 Å². The largest absolute Gasteiger partial charge is 0.573 e. The van der Waals surface area contributed by atoms with Crippen molar-refractivity contribution in [2.75, 3.05) is 39.3 Å². The molecule has 0 aliphatic carbocycles. The molecule has 0 saturated carbocycles. The minimum absolute atomic E-state index is 0.104. The Morgan fingerprint density at radius 2 is 1.52 bits per heavy atom. The van der Waals surface area contributed by atoms with E-state index >= 15 is 0 Å². The third kappa shape index (κ3) is 8.48. The molecular weight excluding hydrogens is 380 g/mol. The topological polar surface area (TPSA) is 44.8 Å². The first-order valence-corrected chi connectivity index (χ1v) is 8.13. The lowest BCUT2D eigenvalue weighted by Gasteiger charge is -2.34. The lowest BCUT2D eigenvalue weighted by molar-refractivity contribution is -0.274. The van der Waals surface area contributed by atoms with E-state index in [1.54, 1.807) is 4.90 Å². The summed E-state index contributed by atoms with van der Waals surface area (Å²) in [6.07, 6.45) is -9.17. The van der Waals surface area contributed by atoms with E-state index in [4.69, 9.17) is 0 Å². The molecule has 0 unspecified atom stereocenters. The fourth-order valence-corrected chi connectivity index (χ4v) is 2.62. The van der Waals surface area contributed by atoms with Crippen molar-refractivity contribution in [1.29, 1.82) is 0 Å². The molecule has 1 aromatic carbocycles. The molecule has 27 heavy (non-hydrogen) atoms. The first-order chi connectivity index (χ1) is 12.5. The van der Waals surface area contributed by atoms with E-state index in [1.165, 1.54) is 24.3 Å². The van der Waals surface area contributed by atoms with Gasteiger partial charge in [-0.2, -0.15) is 13.2 Å². The summed E-state index contributed by atoms with van der Waals surface area (Å²) in [6.45, 7) is 1.26. The number of nitrogens with one attached hydrogen (secondary N) is 1. The van der Waals surface area contributed by atoms with E-state index < -0.39 is 25.0 Å². The Labute approximate surface area is 151 Å². The zero-order chi connectivity index (χ0) is 20.1. The molecule has 1 aromatic rings. The number of alkyl halides is 6. The maximum atomic E-state index is 12.1. The quantitative estimate of drug-likeness (QED) is 0.747. The van der Waals surface area contributed by atoms with Crippen LogP contribution in [-0.2, 0) is 11.3 Å². The zero-order valence-corrected chi connectivity index (χ0v) is 14.2. The molecule has 0 spiro atoms. The number of hydrogen-bond donors (Lipinski definition) is 1. The van der Waals surface area contributed by atoms with Crippen molar-refractivity contribution in [3.63, 3.8) is 0 Å². The number of hydrogen-bond acceptors (Lipinski definition) is 4. The highest BCUT2D eigenvalue weighted by Crippen LogP contribution is 2.23. The Hall–Kier alpha value is -2.01. The van der Waals surface area contributed by atoms with Crippen LogP contribution in [0.3, 0.4) is 0 Å². The average molecular weight is 399 g/mol. The monoisotopic (exact) mass is 399 g/mol. The smallest absolute Gasteiger partial charge is 0.406 e. The lowest BCUT2D eigenvalue weighted by Crippen LogP contribution is -2.49. The van der Waals surface area contributed by atoms with Crippen LogP contribution in [0.15, 0.2) is 24.3 Å². The summed E-state index contributed by atoms with van der Waals surface area (Å²) in [7, 11) is 0. The predicted molar refractivity (Wildman–Crippen MR) is 83.9 cm³/mol. The molecule has 1 amide bonds. The molecule has 1 fully saturated rings. The second-order valence-electron chi connectivity index (χ2n) is 6.14. The Bertz CT molecular complexity index is 610. The van der Waals surface area contributed by atoms with Gasteiger partial charge in [0.1, 0.15) is 12.3 Å². The molecule has 152 valence electrons. The fraction of sp³-hybridized carbons (Fsp3) is 0.562. The first-order valence-electron chi connectivity index (χ1n) is 8.13. The highest BCUT2D eigenvalue weighted by atomic mass is 19.4. The van der Waals surface area contributed by atoms with Gasteiger partial charge in [-0.15, -0.1) is 13.2 Å². The van der Waals surface area contributed by atoms with Gasteiger partial charge >= 0.3 is 12.5 Å². The van der Waals surface area contributed by atoms with Gasteiger partial charge in [-0.3, -0.25) is 14.6 Å². The lowest BCUT2D eigenvalue weighted by atomic mass is 10.2. The van der Waals surface area contributed by atoms with Crippen LogP contribution in [0.5, 0.6) is 5.75 Å². The summed E-state index contributed by atoms with van der Waals surface area (Å²) in [4.78, 5) is 15.3. The fourth-order valence-electron chi connectivity index (χ4n) is 2.62. The Morgan fingerprint density at radius 1 is 0.963 bits per heavy atom. The van der Waals surface area contributed by atoms with Crippen LogP contribution in [0.2, 0.25) is 0 Å². The van der Waals surface area contributed by atoms with Crippen LogP contribution in [0.25, 0.3) is 0 Å². The maximum absolute atomic E-state index is 12.1. The van der Waals surface area contributed by atoms with E-state index in [0.29, 0.717) is 32.7 Å². The van der Waals surface area contributed by atoms with Crippen molar-refractivity contribution < 1.29 is 35.9 Å². The molecule has 1 heterocycles. The Kier molecular flexibility index (Phi) is 6.93. The summed E-state index contributed by atoms with van der Waals surface area (Å²) in [5.74, 6) is -0.970. The SMILES string of the molecule is O=C(CN1CCN(Cc2ccc(OC(F)(F)F)cc2)CC1)NCC(F)(F)F. The molecule has 1 aliphatic heterocycles. The number of halogens is 6. The highest BCUT2D eigenvalue weighted by Gasteiger charge is 2.31. The average Bonchev–Trinajstić information content (AvgIpc) is 2.55. The van der Waals surface area contributed by atoms with Crippen molar-refractivity contribution >= 4 is 5.91 Å². The number of rotatable bonds is 6. The maximum Gasteiger partial charge on any atom is 0.573 e. The van der Waals surface area contributed by atoms with Gasteiger partial charge in [-0.25, -0.2) is 0 Å². The predicted octanol–water partition coefficient (Wildman–Crippen LogP) is 2.38. The van der Waals surface area contributed by atoms with Crippen molar-refractivity contribution in [1.82, 2.24) is 15.1 Å². The van der Waals surface area contributed by atoms with Crippen molar-refractivity contribution in [2.45, 2.75) is 19.1 Å². The van der Waals surface area contributed by atoms with Gasteiger partial charge in [-0.1, -0.05) is 12.1 Å². The van der Waals surface area contributed by atoms with Crippen LogP contribution >= 0.6 is 0 Å². The van der Waals surface area contributed by atoms with E-state index in [-0.39, 0.29) is 12.3 Å². The first kappa shape index (κ1) is 21.3. The molecule has 2 rings (SSSR count). The Balaban J connectivity index is 1.72. The van der Waals surface area contributed by atoms with Gasteiger partial charge in [0.05, 0.1) is 6.54 Å². The van der Waals surface area contributed by atoms with E-state index in [1.807, 2.05) is 10.2 Å². The summed E-state index contributed by atoms with van der Waals surface area (Å²) < 4.78 is 76.4. The van der Waals surface area contributed by atoms with Crippen LogP contribution < -0.4 is 10.1 Å². The molecule has 0 aromatic heterocycles. The molecule has 1 N–H and O–H groups in total. The minimum Gasteiger partial charge on any atom is -0.406 e. The molecule has 0 atom stereocenters. The van der Waals surface area contributed by atoms with E-state index in [0.717, 1.165) is 5.56 Å². The number of ether oxygens (including phenoxy) is 1. The normalized spacial score (nSPS) is 17.0. The summed E-state index contributed by atoms with van der Waals surface area (Å²) in [5, 5.41) is 1.83. The van der Waals surface area contributed by atoms with Crippen molar-refractivity contribution in [3.05, 3.63) is 29.8 Å². The van der Waals surface area contributed by atoms with Crippen molar-refractivity contribution in [3.8, 4) is 5.75 Å². The summed E-state index contributed by atoms with van der Waals surface area (Å²) in [5.41, 5.74) is 0.806. The number of carbonyl (C=O) groups excluding carboxylic acids is 1. The summed E-state index contributed by atoms with van der Waals surface area (Å²) >= 11 is 0. The van der Waals surface area contributed by atoms with Gasteiger partial charge in [0.25, 0.3) is 0 Å². The molecule has 5 nitrogen and oxygen atoms in total. The van der Waals surface area contributed by atoms with Gasteiger partial charge in [0.15, 0.2) is 0 Å². The third-order valence-electron chi connectivity index (χ3n) is 3.88. The zero-order valence-electron chi connectivity index (χ0n) is 14.2. The van der Waals surface area contributed by atoms with Gasteiger partial charge in [0.2, 0.25) is 5.91 Å². The highest BCUT2D eigenvalue weighted by molar-refractivity contribution is 5.78. The second-order valence-corrected chi connectivity index (χ2v) is 6.14. The molecule has 1 saturated heterocycles. The van der Waals surface area contributed by atoms with Crippen LogP contribution in [-0.4, -0.2) is 67.5 Å². The number of amides is 1. The van der Waals surface area contributed by atoms with Crippen molar-refractivity contribution in [2.24, 2.45) is 0 Å². The van der Waals surface area contributed by atoms with Crippen LogP contribution in [0, 0.1) is 0 Å². The molecule has 1 aliphatic rings. The number of benzene rings is 1. The Morgan fingerprint density at radius 3 is 2.04 bits per heavy atom. The minimum atomic E-state index is -4.73. The molecular formula is C16H19F6N3O2. The van der Waals surface area contributed by atoms with Gasteiger partial charge in [-0.05, 0) is 17.7 Å². The standard InChI is InChI=1S/C16H19F6N3O2/c17-15(18,19)11-23-14(26)10-25-7-5-24(6-8-25)9-12-1-3-13(4-2-12)27-16(20,21)22/h1-4H,5-11H2,(H,23,26). The van der Waals surface area contributed by atoms with E-state index in [2.05, 4.69) is 4.74 Å². The third-order valence-corrected chi connectivity index (χ3v) is 3.88. The summed E-state index contributed by atoms with van der Waals surface area (Å²) in [6, 6.07) is 5.56. The number of carbonyl (C=O) groups is 1. The van der Waals surface area contributed by atoms with Gasteiger partial charge < -0.3 is 10.1 Å². The molecule has 0 bridgehead atoms. The van der Waals surface area contributed by atoms with Crippen LogP contribution in [0.4, 0.5) is 26.3 Å². The van der Waals surface area contributed by atoms with Crippen LogP contribution in [0.1, 0.15) is 5.56 Å². The number of piperazine rings is 1. The number of nitrogens with zero attached hydrogens (tertiary/aromatic N) is 2. The second kappa shape index (κ2) is 8.79. The van der Waals surface area contributed by atoms with Gasteiger partial charge in [0, 0.05) is 32.7 Å². The molecule has 11 heteroatoms. The molecule has 0 radical (unpaired) electrons.